The minimum atomic E-state index is -4.30. The third kappa shape index (κ3) is 3.19. The second kappa shape index (κ2) is 5.66. The average molecular weight is 299 g/mol. The van der Waals surface area contributed by atoms with Crippen LogP contribution in [0.3, 0.4) is 0 Å². The number of rotatable bonds is 3. The van der Waals surface area contributed by atoms with E-state index in [1.807, 2.05) is 19.1 Å². The van der Waals surface area contributed by atoms with Crippen LogP contribution in [0, 0.1) is 0 Å². The molecule has 0 saturated carbocycles. The van der Waals surface area contributed by atoms with E-state index in [2.05, 4.69) is 5.16 Å². The number of nitrogens with zero attached hydrogens (tertiary/aromatic N) is 1. The third-order valence-electron chi connectivity index (χ3n) is 2.69. The fourth-order valence-corrected chi connectivity index (χ4v) is 2.64. The third-order valence-corrected chi connectivity index (χ3v) is 3.93. The van der Waals surface area contributed by atoms with Crippen molar-refractivity contribution < 1.29 is 18.0 Å². The Bertz CT molecular complexity index is 614. The highest BCUT2D eigenvalue weighted by Gasteiger charge is 2.29. The van der Waals surface area contributed by atoms with E-state index in [4.69, 9.17) is 4.84 Å². The number of hydrogen-bond donors (Lipinski definition) is 0. The van der Waals surface area contributed by atoms with Crippen LogP contribution in [-0.2, 0) is 11.0 Å². The molecule has 1 heterocycles. The molecule has 2 aromatic rings. The number of benzene rings is 1. The number of thiophene rings is 1. The van der Waals surface area contributed by atoms with Crippen molar-refractivity contribution in [2.45, 2.75) is 13.1 Å². The minimum absolute atomic E-state index is 0.643. The first-order valence-electron chi connectivity index (χ1n) is 5.77. The Morgan fingerprint density at radius 3 is 2.30 bits per heavy atom. The molecule has 0 aliphatic rings. The Labute approximate surface area is 118 Å². The molecule has 0 unspecified atom stereocenters. The van der Waals surface area contributed by atoms with E-state index in [0.29, 0.717) is 0 Å². The van der Waals surface area contributed by atoms with Crippen LogP contribution in [0.25, 0.3) is 10.4 Å². The van der Waals surface area contributed by atoms with Gasteiger partial charge in [0.15, 0.2) is 0 Å². The number of oxime groups is 1. The summed E-state index contributed by atoms with van der Waals surface area (Å²) in [5.41, 5.74) is 0.838. The van der Waals surface area contributed by atoms with Gasteiger partial charge in [-0.3, -0.25) is 0 Å². The second-order valence-electron chi connectivity index (χ2n) is 4.10. The van der Waals surface area contributed by atoms with E-state index in [1.54, 1.807) is 0 Å². The lowest BCUT2D eigenvalue weighted by Gasteiger charge is -2.06. The predicted octanol–water partition coefficient (Wildman–Crippen LogP) is 4.80. The Hall–Kier alpha value is -1.82. The van der Waals surface area contributed by atoms with Crippen molar-refractivity contribution in [2.75, 3.05) is 7.11 Å². The molecule has 2 rings (SSSR count). The summed E-state index contributed by atoms with van der Waals surface area (Å²) in [7, 11) is 1.47. The van der Waals surface area contributed by atoms with Crippen LogP contribution >= 0.6 is 11.3 Å². The van der Waals surface area contributed by atoms with E-state index in [0.717, 1.165) is 33.2 Å². The molecule has 0 N–H and O–H groups in total. The lowest BCUT2D eigenvalue weighted by atomic mass is 10.1. The fourth-order valence-electron chi connectivity index (χ4n) is 1.69. The van der Waals surface area contributed by atoms with Gasteiger partial charge >= 0.3 is 6.18 Å². The first kappa shape index (κ1) is 14.6. The highest BCUT2D eigenvalue weighted by molar-refractivity contribution is 7.17. The van der Waals surface area contributed by atoms with Crippen LogP contribution in [0.2, 0.25) is 0 Å². The monoisotopic (exact) mass is 299 g/mol. The van der Waals surface area contributed by atoms with Crippen LogP contribution in [-0.4, -0.2) is 12.8 Å². The molecule has 0 aliphatic heterocycles. The summed E-state index contributed by atoms with van der Waals surface area (Å²) in [5, 5.41) is 3.83. The molecule has 106 valence electrons. The predicted molar refractivity (Wildman–Crippen MR) is 74.0 cm³/mol. The van der Waals surface area contributed by atoms with Gasteiger partial charge in [-0.1, -0.05) is 17.3 Å². The molecule has 0 aliphatic carbocycles. The molecule has 1 aromatic carbocycles. The average Bonchev–Trinajstić information content (AvgIpc) is 2.88. The molecule has 6 heteroatoms. The normalized spacial score (nSPS) is 12.6. The van der Waals surface area contributed by atoms with Crippen molar-refractivity contribution in [2.24, 2.45) is 5.16 Å². The number of alkyl halides is 3. The lowest BCUT2D eigenvalue weighted by Crippen LogP contribution is -2.03. The highest BCUT2D eigenvalue weighted by atomic mass is 32.1. The fraction of sp³-hybridized carbons (Fsp3) is 0.214. The van der Waals surface area contributed by atoms with Gasteiger partial charge in [-0.2, -0.15) is 13.2 Å². The number of halogens is 3. The molecule has 0 saturated heterocycles. The summed E-state index contributed by atoms with van der Waals surface area (Å²) in [6.07, 6.45) is -4.30. The first-order valence-corrected chi connectivity index (χ1v) is 6.59. The lowest BCUT2D eigenvalue weighted by molar-refractivity contribution is -0.137. The molecule has 0 bridgehead atoms. The maximum atomic E-state index is 12.5. The molecular formula is C14H12F3NOS. The largest absolute Gasteiger partial charge is 0.416 e. The second-order valence-corrected chi connectivity index (χ2v) is 5.18. The summed E-state index contributed by atoms with van der Waals surface area (Å²) < 4.78 is 37.5. The number of hydrogen-bond acceptors (Lipinski definition) is 3. The minimum Gasteiger partial charge on any atom is -0.399 e. The molecular weight excluding hydrogens is 287 g/mol. The van der Waals surface area contributed by atoms with Crippen LogP contribution in [0.15, 0.2) is 41.6 Å². The van der Waals surface area contributed by atoms with Gasteiger partial charge in [0.25, 0.3) is 0 Å². The Morgan fingerprint density at radius 2 is 1.75 bits per heavy atom. The quantitative estimate of drug-likeness (QED) is 0.589. The molecule has 1 aromatic heterocycles. The Balaban J connectivity index is 2.27. The van der Waals surface area contributed by atoms with E-state index >= 15 is 0 Å². The zero-order valence-corrected chi connectivity index (χ0v) is 11.7. The summed E-state index contributed by atoms with van der Waals surface area (Å²) in [6, 6.07) is 8.85. The van der Waals surface area contributed by atoms with Crippen molar-refractivity contribution in [3.63, 3.8) is 0 Å². The maximum absolute atomic E-state index is 12.5. The molecule has 0 radical (unpaired) electrons. The summed E-state index contributed by atoms with van der Waals surface area (Å²) in [6.45, 7) is 1.81. The Kier molecular flexibility index (Phi) is 4.13. The topological polar surface area (TPSA) is 21.6 Å². The van der Waals surface area contributed by atoms with Crippen LogP contribution in [0.1, 0.15) is 17.4 Å². The highest BCUT2D eigenvalue weighted by Crippen LogP contribution is 2.33. The van der Waals surface area contributed by atoms with E-state index in [1.165, 1.54) is 30.6 Å². The van der Waals surface area contributed by atoms with Crippen LogP contribution in [0.5, 0.6) is 0 Å². The summed E-state index contributed by atoms with van der Waals surface area (Å²) in [4.78, 5) is 6.50. The van der Waals surface area contributed by atoms with Gasteiger partial charge in [0.2, 0.25) is 0 Å². The first-order chi connectivity index (χ1) is 9.41. The van der Waals surface area contributed by atoms with Gasteiger partial charge in [-0.15, -0.1) is 11.3 Å². The molecule has 0 spiro atoms. The summed E-state index contributed by atoms with van der Waals surface area (Å²) in [5.74, 6) is 0. The summed E-state index contributed by atoms with van der Waals surface area (Å²) >= 11 is 1.46. The van der Waals surface area contributed by atoms with E-state index in [-0.39, 0.29) is 0 Å². The van der Waals surface area contributed by atoms with Gasteiger partial charge in [0, 0.05) is 4.88 Å². The standard InChI is InChI=1S/C14H12F3NOS/c1-9(18-19-2)12-7-8-13(20-12)10-3-5-11(6-4-10)14(15,16)17/h3-8H,1-2H3/b18-9-. The van der Waals surface area contributed by atoms with Gasteiger partial charge in [-0.05, 0) is 36.8 Å². The molecule has 0 fully saturated rings. The Morgan fingerprint density at radius 1 is 1.10 bits per heavy atom. The van der Waals surface area contributed by atoms with E-state index < -0.39 is 11.7 Å². The van der Waals surface area contributed by atoms with Crippen LogP contribution < -0.4 is 0 Å². The van der Waals surface area contributed by atoms with Gasteiger partial charge in [-0.25, -0.2) is 0 Å². The van der Waals surface area contributed by atoms with E-state index in [9.17, 15) is 13.2 Å². The molecule has 2 nitrogen and oxygen atoms in total. The van der Waals surface area contributed by atoms with Crippen molar-refractivity contribution in [3.05, 3.63) is 46.8 Å². The molecule has 0 atom stereocenters. The zero-order chi connectivity index (χ0) is 14.8. The maximum Gasteiger partial charge on any atom is 0.416 e. The molecule has 0 amide bonds. The van der Waals surface area contributed by atoms with Gasteiger partial charge < -0.3 is 4.84 Å². The molecule has 20 heavy (non-hydrogen) atoms. The van der Waals surface area contributed by atoms with Crippen molar-refractivity contribution in [1.29, 1.82) is 0 Å². The zero-order valence-electron chi connectivity index (χ0n) is 10.9. The van der Waals surface area contributed by atoms with Crippen molar-refractivity contribution in [3.8, 4) is 10.4 Å². The van der Waals surface area contributed by atoms with Gasteiger partial charge in [0.1, 0.15) is 7.11 Å². The van der Waals surface area contributed by atoms with Crippen molar-refractivity contribution in [1.82, 2.24) is 0 Å². The SMILES string of the molecule is CO/N=C(/C)c1ccc(-c2ccc(C(F)(F)F)cc2)s1. The van der Waals surface area contributed by atoms with Crippen molar-refractivity contribution >= 4 is 17.0 Å². The van der Waals surface area contributed by atoms with Crippen LogP contribution in [0.4, 0.5) is 13.2 Å². The smallest absolute Gasteiger partial charge is 0.399 e. The van der Waals surface area contributed by atoms with Gasteiger partial charge in [0.05, 0.1) is 16.2 Å².